The molecule has 1 aliphatic rings. The molecule has 16 heavy (non-hydrogen) atoms. The number of carbonyl (C=O) groups excluding carboxylic acids is 1. The lowest BCUT2D eigenvalue weighted by atomic mass is 10.1. The van der Waals surface area contributed by atoms with Crippen LogP contribution in [0.25, 0.3) is 0 Å². The second-order valence-corrected chi connectivity index (χ2v) is 4.21. The number of nitrogens with one attached hydrogen (secondary N) is 1. The number of rotatable bonds is 4. The summed E-state index contributed by atoms with van der Waals surface area (Å²) in [5, 5.41) is 11.9. The summed E-state index contributed by atoms with van der Waals surface area (Å²) >= 11 is 0. The van der Waals surface area contributed by atoms with Crippen LogP contribution in [0, 0.1) is 11.7 Å². The lowest BCUT2D eigenvalue weighted by Crippen LogP contribution is -2.27. The number of amides is 1. The van der Waals surface area contributed by atoms with E-state index in [1.807, 2.05) is 0 Å². The van der Waals surface area contributed by atoms with Crippen LogP contribution in [0.4, 0.5) is 4.39 Å². The molecule has 0 bridgehead atoms. The minimum atomic E-state index is -0.665. The molecule has 1 saturated carbocycles. The fraction of sp³-hybridized carbons (Fsp3) is 0.417. The van der Waals surface area contributed by atoms with Crippen LogP contribution in [0.15, 0.2) is 18.2 Å². The summed E-state index contributed by atoms with van der Waals surface area (Å²) in [4.78, 5) is 11.5. The van der Waals surface area contributed by atoms with Crippen molar-refractivity contribution in [1.29, 1.82) is 0 Å². The van der Waals surface area contributed by atoms with Crippen molar-refractivity contribution in [1.82, 2.24) is 5.32 Å². The van der Waals surface area contributed by atoms with Crippen LogP contribution in [0.5, 0.6) is 5.75 Å². The first-order valence-electron chi connectivity index (χ1n) is 5.39. The Kier molecular flexibility index (Phi) is 3.08. The molecule has 0 spiro atoms. The third-order valence-electron chi connectivity index (χ3n) is 2.66. The molecule has 1 amide bonds. The summed E-state index contributed by atoms with van der Waals surface area (Å²) in [5.41, 5.74) is 0.618. The monoisotopic (exact) mass is 223 g/mol. The molecular formula is C12H14FNO2. The predicted octanol–water partition coefficient (Wildman–Crippen LogP) is 1.60. The normalized spacial score (nSPS) is 14.8. The molecule has 3 nitrogen and oxygen atoms in total. The van der Waals surface area contributed by atoms with E-state index in [9.17, 15) is 9.18 Å². The van der Waals surface area contributed by atoms with Gasteiger partial charge >= 0.3 is 0 Å². The van der Waals surface area contributed by atoms with Gasteiger partial charge in [0.2, 0.25) is 5.91 Å². The van der Waals surface area contributed by atoms with Crippen molar-refractivity contribution in [3.05, 3.63) is 29.6 Å². The number of phenols is 1. The summed E-state index contributed by atoms with van der Waals surface area (Å²) in [7, 11) is 0. The highest BCUT2D eigenvalue weighted by Crippen LogP contribution is 2.27. The van der Waals surface area contributed by atoms with Gasteiger partial charge in [0.1, 0.15) is 0 Å². The molecule has 0 aliphatic heterocycles. The van der Waals surface area contributed by atoms with E-state index in [1.165, 1.54) is 31.0 Å². The average molecular weight is 223 g/mol. The molecule has 0 saturated heterocycles. The molecule has 86 valence electrons. The quantitative estimate of drug-likeness (QED) is 0.814. The molecule has 2 N–H and O–H groups in total. The fourth-order valence-electron chi connectivity index (χ4n) is 1.50. The van der Waals surface area contributed by atoms with E-state index < -0.39 is 11.6 Å². The standard InChI is InChI=1S/C12H14FNO2/c13-10-4-3-9(5-11(10)15)6-12(16)14-7-8-1-2-8/h3-5,8,15H,1-2,6-7H2,(H,14,16). The van der Waals surface area contributed by atoms with Gasteiger partial charge in [-0.05, 0) is 36.5 Å². The number of carbonyl (C=O) groups is 1. The topological polar surface area (TPSA) is 49.3 Å². The molecule has 1 fully saturated rings. The van der Waals surface area contributed by atoms with E-state index in [2.05, 4.69) is 5.32 Å². The Morgan fingerprint density at radius 2 is 2.25 bits per heavy atom. The molecule has 0 atom stereocenters. The highest BCUT2D eigenvalue weighted by molar-refractivity contribution is 5.78. The Hall–Kier alpha value is -1.58. The Balaban J connectivity index is 1.86. The van der Waals surface area contributed by atoms with E-state index in [0.29, 0.717) is 11.5 Å². The largest absolute Gasteiger partial charge is 0.505 e. The molecule has 1 aromatic rings. The molecule has 2 rings (SSSR count). The van der Waals surface area contributed by atoms with Crippen LogP contribution in [0.2, 0.25) is 0 Å². The smallest absolute Gasteiger partial charge is 0.224 e. The van der Waals surface area contributed by atoms with Crippen LogP contribution in [-0.4, -0.2) is 17.6 Å². The zero-order valence-electron chi connectivity index (χ0n) is 8.87. The summed E-state index contributed by atoms with van der Waals surface area (Å²) in [5.74, 6) is -0.516. The van der Waals surface area contributed by atoms with Crippen LogP contribution in [-0.2, 0) is 11.2 Å². The summed E-state index contributed by atoms with van der Waals surface area (Å²) in [6.07, 6.45) is 2.57. The van der Waals surface area contributed by atoms with Gasteiger partial charge in [-0.3, -0.25) is 4.79 Å². The van der Waals surface area contributed by atoms with Gasteiger partial charge in [0, 0.05) is 6.54 Å². The number of phenolic OH excluding ortho intramolecular Hbond substituents is 1. The Morgan fingerprint density at radius 1 is 1.50 bits per heavy atom. The first-order chi connectivity index (χ1) is 7.65. The number of aromatic hydroxyl groups is 1. The molecule has 0 radical (unpaired) electrons. The van der Waals surface area contributed by atoms with Gasteiger partial charge in [-0.1, -0.05) is 6.07 Å². The van der Waals surface area contributed by atoms with Crippen LogP contribution in [0.1, 0.15) is 18.4 Å². The zero-order chi connectivity index (χ0) is 11.5. The third-order valence-corrected chi connectivity index (χ3v) is 2.66. The number of benzene rings is 1. The van der Waals surface area contributed by atoms with Crippen molar-refractivity contribution in [3.8, 4) is 5.75 Å². The molecule has 1 aliphatic carbocycles. The van der Waals surface area contributed by atoms with E-state index in [4.69, 9.17) is 5.11 Å². The average Bonchev–Trinajstić information content (AvgIpc) is 3.04. The predicted molar refractivity (Wildman–Crippen MR) is 57.5 cm³/mol. The maximum Gasteiger partial charge on any atom is 0.224 e. The van der Waals surface area contributed by atoms with Gasteiger partial charge in [0.15, 0.2) is 11.6 Å². The minimum Gasteiger partial charge on any atom is -0.505 e. The van der Waals surface area contributed by atoms with Gasteiger partial charge in [0.05, 0.1) is 6.42 Å². The van der Waals surface area contributed by atoms with Gasteiger partial charge in [-0.15, -0.1) is 0 Å². The van der Waals surface area contributed by atoms with E-state index in [-0.39, 0.29) is 12.3 Å². The molecule has 4 heteroatoms. The van der Waals surface area contributed by atoms with Crippen molar-refractivity contribution in [2.45, 2.75) is 19.3 Å². The van der Waals surface area contributed by atoms with Crippen molar-refractivity contribution in [3.63, 3.8) is 0 Å². The van der Waals surface area contributed by atoms with Crippen molar-refractivity contribution >= 4 is 5.91 Å². The van der Waals surface area contributed by atoms with Gasteiger partial charge in [-0.25, -0.2) is 4.39 Å². The highest BCUT2D eigenvalue weighted by atomic mass is 19.1. The van der Waals surface area contributed by atoms with E-state index >= 15 is 0 Å². The molecule has 0 unspecified atom stereocenters. The van der Waals surface area contributed by atoms with Gasteiger partial charge in [0.25, 0.3) is 0 Å². The molecule has 1 aromatic carbocycles. The Morgan fingerprint density at radius 3 is 2.88 bits per heavy atom. The number of halogens is 1. The molecular weight excluding hydrogens is 209 g/mol. The third kappa shape index (κ3) is 2.95. The van der Waals surface area contributed by atoms with E-state index in [0.717, 1.165) is 6.54 Å². The van der Waals surface area contributed by atoms with Crippen LogP contribution < -0.4 is 5.32 Å². The first-order valence-corrected chi connectivity index (χ1v) is 5.39. The lowest BCUT2D eigenvalue weighted by molar-refractivity contribution is -0.120. The Labute approximate surface area is 93.3 Å². The maximum absolute atomic E-state index is 12.7. The van der Waals surface area contributed by atoms with Gasteiger partial charge in [-0.2, -0.15) is 0 Å². The fourth-order valence-corrected chi connectivity index (χ4v) is 1.50. The zero-order valence-corrected chi connectivity index (χ0v) is 8.87. The SMILES string of the molecule is O=C(Cc1ccc(F)c(O)c1)NCC1CC1. The van der Waals surface area contributed by atoms with Crippen LogP contribution >= 0.6 is 0 Å². The second-order valence-electron chi connectivity index (χ2n) is 4.21. The van der Waals surface area contributed by atoms with Crippen molar-refractivity contribution in [2.24, 2.45) is 5.92 Å². The summed E-state index contributed by atoms with van der Waals surface area (Å²) in [6.45, 7) is 0.728. The summed E-state index contributed by atoms with van der Waals surface area (Å²) in [6, 6.07) is 3.95. The van der Waals surface area contributed by atoms with Crippen molar-refractivity contribution < 1.29 is 14.3 Å². The highest BCUT2D eigenvalue weighted by Gasteiger charge is 2.21. The number of hydrogen-bond acceptors (Lipinski definition) is 2. The Bertz CT molecular complexity index is 402. The van der Waals surface area contributed by atoms with Crippen LogP contribution in [0.3, 0.4) is 0 Å². The van der Waals surface area contributed by atoms with E-state index in [1.54, 1.807) is 0 Å². The molecule has 0 heterocycles. The number of hydrogen-bond donors (Lipinski definition) is 2. The maximum atomic E-state index is 12.7. The lowest BCUT2D eigenvalue weighted by Gasteiger charge is -2.04. The molecule has 0 aromatic heterocycles. The first kappa shape index (κ1) is 10.9. The van der Waals surface area contributed by atoms with Gasteiger partial charge < -0.3 is 10.4 Å². The summed E-state index contributed by atoms with van der Waals surface area (Å²) < 4.78 is 12.7. The second kappa shape index (κ2) is 4.51. The minimum absolute atomic E-state index is 0.0853. The van der Waals surface area contributed by atoms with Crippen molar-refractivity contribution in [2.75, 3.05) is 6.54 Å².